The lowest BCUT2D eigenvalue weighted by Crippen LogP contribution is -2.49. The molecule has 1 fully saturated rings. The first kappa shape index (κ1) is 16.4. The molecule has 120 valence electrons. The second-order valence-corrected chi connectivity index (χ2v) is 5.96. The maximum absolute atomic E-state index is 12.1. The molecule has 2 amide bonds. The molecule has 6 heteroatoms. The van der Waals surface area contributed by atoms with E-state index >= 15 is 0 Å². The number of hydrogen-bond donors (Lipinski definition) is 2. The molecule has 0 bridgehead atoms. The molecule has 2 rings (SSSR count). The van der Waals surface area contributed by atoms with Gasteiger partial charge in [-0.2, -0.15) is 0 Å². The fourth-order valence-corrected chi connectivity index (χ4v) is 2.81. The van der Waals surface area contributed by atoms with Gasteiger partial charge in [0.05, 0.1) is 11.6 Å². The lowest BCUT2D eigenvalue weighted by atomic mass is 9.90. The van der Waals surface area contributed by atoms with Crippen LogP contribution < -0.4 is 11.1 Å². The standard InChI is InChI=1S/C16H24N4O2/c1-11(17)16(22)20-8-5-13(6-9-20)12(2)19-15(21)14-4-3-7-18-10-14/h3-4,7,10-13H,5-6,8-9,17H2,1-2H3,(H,19,21)/t11-,12?/m0/s1. The monoisotopic (exact) mass is 304 g/mol. The number of rotatable bonds is 4. The van der Waals surface area contributed by atoms with Gasteiger partial charge in [0, 0.05) is 31.5 Å². The van der Waals surface area contributed by atoms with Crippen LogP contribution in [-0.4, -0.2) is 46.9 Å². The molecule has 3 N–H and O–H groups in total. The van der Waals surface area contributed by atoms with E-state index in [0.717, 1.165) is 12.8 Å². The van der Waals surface area contributed by atoms with Gasteiger partial charge in [-0.3, -0.25) is 14.6 Å². The third-order valence-electron chi connectivity index (χ3n) is 4.23. The number of aromatic nitrogens is 1. The summed E-state index contributed by atoms with van der Waals surface area (Å²) in [5, 5.41) is 3.03. The summed E-state index contributed by atoms with van der Waals surface area (Å²) in [4.78, 5) is 29.8. The number of carbonyl (C=O) groups excluding carboxylic acids is 2. The minimum absolute atomic E-state index is 0.00509. The first-order valence-corrected chi connectivity index (χ1v) is 7.74. The summed E-state index contributed by atoms with van der Waals surface area (Å²) in [6.07, 6.45) is 4.97. The summed E-state index contributed by atoms with van der Waals surface area (Å²) in [6, 6.07) is 3.12. The fraction of sp³-hybridized carbons (Fsp3) is 0.562. The minimum atomic E-state index is -0.445. The van der Waals surface area contributed by atoms with Gasteiger partial charge in [-0.1, -0.05) is 0 Å². The summed E-state index contributed by atoms with van der Waals surface area (Å²) < 4.78 is 0. The third kappa shape index (κ3) is 4.04. The minimum Gasteiger partial charge on any atom is -0.349 e. The van der Waals surface area contributed by atoms with Gasteiger partial charge in [0.15, 0.2) is 0 Å². The van der Waals surface area contributed by atoms with Crippen LogP contribution in [0.1, 0.15) is 37.0 Å². The van der Waals surface area contributed by atoms with Crippen LogP contribution in [0.4, 0.5) is 0 Å². The quantitative estimate of drug-likeness (QED) is 0.860. The molecule has 2 atom stereocenters. The molecule has 0 saturated carbocycles. The van der Waals surface area contributed by atoms with Gasteiger partial charge in [0.25, 0.3) is 5.91 Å². The Hall–Kier alpha value is -1.95. The van der Waals surface area contributed by atoms with Crippen LogP contribution in [0.5, 0.6) is 0 Å². The highest BCUT2D eigenvalue weighted by Crippen LogP contribution is 2.21. The molecule has 2 heterocycles. The Bertz CT molecular complexity index is 510. The van der Waals surface area contributed by atoms with E-state index in [-0.39, 0.29) is 17.9 Å². The van der Waals surface area contributed by atoms with E-state index in [9.17, 15) is 9.59 Å². The Balaban J connectivity index is 1.84. The van der Waals surface area contributed by atoms with Gasteiger partial charge < -0.3 is 16.0 Å². The van der Waals surface area contributed by atoms with Crippen LogP contribution in [0, 0.1) is 5.92 Å². The predicted molar refractivity (Wildman–Crippen MR) is 84.1 cm³/mol. The molecule has 22 heavy (non-hydrogen) atoms. The van der Waals surface area contributed by atoms with Crippen molar-refractivity contribution in [1.82, 2.24) is 15.2 Å². The van der Waals surface area contributed by atoms with E-state index in [1.54, 1.807) is 31.5 Å². The van der Waals surface area contributed by atoms with Gasteiger partial charge in [0.2, 0.25) is 5.91 Å². The number of pyridine rings is 1. The lowest BCUT2D eigenvalue weighted by molar-refractivity contribution is -0.133. The van der Waals surface area contributed by atoms with Crippen molar-refractivity contribution in [3.05, 3.63) is 30.1 Å². The average Bonchev–Trinajstić information content (AvgIpc) is 2.55. The Morgan fingerprint density at radius 1 is 1.36 bits per heavy atom. The van der Waals surface area contributed by atoms with Crippen LogP contribution in [0.25, 0.3) is 0 Å². The number of piperidine rings is 1. The normalized spacial score (nSPS) is 18.6. The topological polar surface area (TPSA) is 88.3 Å². The van der Waals surface area contributed by atoms with Crippen LogP contribution >= 0.6 is 0 Å². The van der Waals surface area contributed by atoms with Gasteiger partial charge >= 0.3 is 0 Å². The number of hydrogen-bond acceptors (Lipinski definition) is 4. The number of amides is 2. The molecule has 0 aromatic carbocycles. The van der Waals surface area contributed by atoms with E-state index in [2.05, 4.69) is 10.3 Å². The van der Waals surface area contributed by atoms with Crippen molar-refractivity contribution in [1.29, 1.82) is 0 Å². The first-order valence-electron chi connectivity index (χ1n) is 7.74. The first-order chi connectivity index (χ1) is 10.5. The molecule has 0 radical (unpaired) electrons. The molecule has 1 unspecified atom stereocenters. The fourth-order valence-electron chi connectivity index (χ4n) is 2.81. The van der Waals surface area contributed by atoms with Crippen molar-refractivity contribution in [2.24, 2.45) is 11.7 Å². The SMILES string of the molecule is CC(NC(=O)c1cccnc1)C1CCN(C(=O)[C@H](C)N)CC1. The zero-order valence-corrected chi connectivity index (χ0v) is 13.2. The zero-order valence-electron chi connectivity index (χ0n) is 13.2. The van der Waals surface area contributed by atoms with Crippen molar-refractivity contribution in [3.63, 3.8) is 0 Å². The maximum atomic E-state index is 12.1. The molecule has 1 aromatic rings. The molecule has 1 aliphatic rings. The molecule has 0 spiro atoms. The summed E-state index contributed by atoms with van der Waals surface area (Å²) in [7, 11) is 0. The van der Waals surface area contributed by atoms with Gasteiger partial charge in [0.1, 0.15) is 0 Å². The van der Waals surface area contributed by atoms with Crippen LogP contribution in [0.2, 0.25) is 0 Å². The Kier molecular flexibility index (Phi) is 5.49. The van der Waals surface area contributed by atoms with Crippen LogP contribution in [0.15, 0.2) is 24.5 Å². The zero-order chi connectivity index (χ0) is 16.1. The highest BCUT2D eigenvalue weighted by molar-refractivity contribution is 5.94. The number of likely N-dealkylation sites (tertiary alicyclic amines) is 1. The molecular weight excluding hydrogens is 280 g/mol. The largest absolute Gasteiger partial charge is 0.349 e. The summed E-state index contributed by atoms with van der Waals surface area (Å²) in [5.41, 5.74) is 6.21. The highest BCUT2D eigenvalue weighted by Gasteiger charge is 2.28. The van der Waals surface area contributed by atoms with Gasteiger partial charge in [-0.15, -0.1) is 0 Å². The van der Waals surface area contributed by atoms with E-state index in [1.165, 1.54) is 0 Å². The number of nitrogens with two attached hydrogens (primary N) is 1. The van der Waals surface area contributed by atoms with E-state index in [4.69, 9.17) is 5.73 Å². The molecule has 1 aliphatic heterocycles. The van der Waals surface area contributed by atoms with Crippen molar-refractivity contribution >= 4 is 11.8 Å². The number of nitrogens with one attached hydrogen (secondary N) is 1. The van der Waals surface area contributed by atoms with Crippen molar-refractivity contribution in [3.8, 4) is 0 Å². The molecular formula is C16H24N4O2. The van der Waals surface area contributed by atoms with Crippen molar-refractivity contribution in [2.75, 3.05) is 13.1 Å². The summed E-state index contributed by atoms with van der Waals surface area (Å²) in [6.45, 7) is 5.14. The number of nitrogens with zero attached hydrogens (tertiary/aromatic N) is 2. The van der Waals surface area contributed by atoms with E-state index < -0.39 is 6.04 Å². The van der Waals surface area contributed by atoms with Crippen molar-refractivity contribution < 1.29 is 9.59 Å². The highest BCUT2D eigenvalue weighted by atomic mass is 16.2. The van der Waals surface area contributed by atoms with Crippen molar-refractivity contribution in [2.45, 2.75) is 38.8 Å². The Morgan fingerprint density at radius 2 is 2.05 bits per heavy atom. The second-order valence-electron chi connectivity index (χ2n) is 5.96. The molecule has 1 aromatic heterocycles. The summed E-state index contributed by atoms with van der Waals surface area (Å²) in [5.74, 6) is 0.276. The lowest BCUT2D eigenvalue weighted by Gasteiger charge is -2.35. The molecule has 0 aliphatic carbocycles. The van der Waals surface area contributed by atoms with Crippen LogP contribution in [0.3, 0.4) is 0 Å². The average molecular weight is 304 g/mol. The predicted octanol–water partition coefficient (Wildman–Crippen LogP) is 0.786. The number of carbonyl (C=O) groups is 2. The second kappa shape index (κ2) is 7.35. The van der Waals surface area contributed by atoms with E-state index in [0.29, 0.717) is 24.6 Å². The summed E-state index contributed by atoms with van der Waals surface area (Å²) >= 11 is 0. The molecule has 1 saturated heterocycles. The van der Waals surface area contributed by atoms with Gasteiger partial charge in [-0.25, -0.2) is 0 Å². The third-order valence-corrected chi connectivity index (χ3v) is 4.23. The van der Waals surface area contributed by atoms with Crippen LogP contribution in [-0.2, 0) is 4.79 Å². The maximum Gasteiger partial charge on any atom is 0.253 e. The van der Waals surface area contributed by atoms with Gasteiger partial charge in [-0.05, 0) is 44.7 Å². The Labute approximate surface area is 131 Å². The van der Waals surface area contributed by atoms with E-state index in [1.807, 2.05) is 11.8 Å². The molecule has 6 nitrogen and oxygen atoms in total. The Morgan fingerprint density at radius 3 is 2.59 bits per heavy atom. The smallest absolute Gasteiger partial charge is 0.253 e.